The molecule has 1 radical (unpaired) electrons. The maximum absolute atomic E-state index is 4.17. The van der Waals surface area contributed by atoms with Crippen molar-refractivity contribution in [3.05, 3.63) is 37.0 Å². The highest BCUT2D eigenvalue weighted by Gasteiger charge is 2.27. The van der Waals surface area contributed by atoms with Gasteiger partial charge in [0.05, 0.1) is 0 Å². The minimum absolute atomic E-state index is 0.310. The van der Waals surface area contributed by atoms with Crippen molar-refractivity contribution in [1.82, 2.24) is 4.98 Å². The van der Waals surface area contributed by atoms with Gasteiger partial charge in [-0.15, -0.1) is 0 Å². The summed E-state index contributed by atoms with van der Waals surface area (Å²) in [5.74, 6) is 0.515. The molecule has 0 bridgehead atoms. The third kappa shape index (κ3) is 2.34. The summed E-state index contributed by atoms with van der Waals surface area (Å²) in [6, 6.07) is 4.16. The molecule has 0 fully saturated rings. The Kier molecular flexibility index (Phi) is 3.68. The molecule has 0 amide bonds. The van der Waals surface area contributed by atoms with Crippen LogP contribution in [-0.4, -0.2) is 4.98 Å². The molecular formula is C13H20N. The van der Waals surface area contributed by atoms with E-state index in [2.05, 4.69) is 38.7 Å². The highest BCUT2D eigenvalue weighted by Crippen LogP contribution is 2.39. The zero-order chi connectivity index (χ0) is 10.6. The molecule has 1 heteroatoms. The van der Waals surface area contributed by atoms with Crippen LogP contribution in [0, 0.1) is 12.3 Å². The fourth-order valence-corrected chi connectivity index (χ4v) is 1.84. The lowest BCUT2D eigenvalue weighted by Gasteiger charge is -2.33. The van der Waals surface area contributed by atoms with Crippen LogP contribution >= 0.6 is 0 Å². The van der Waals surface area contributed by atoms with Crippen molar-refractivity contribution in [3.8, 4) is 0 Å². The normalized spacial score (nSPS) is 14.0. The lowest BCUT2D eigenvalue weighted by atomic mass is 9.72. The van der Waals surface area contributed by atoms with Crippen LogP contribution in [0.5, 0.6) is 0 Å². The van der Waals surface area contributed by atoms with Crippen molar-refractivity contribution in [2.24, 2.45) is 5.41 Å². The quantitative estimate of drug-likeness (QED) is 0.703. The van der Waals surface area contributed by atoms with E-state index in [1.165, 1.54) is 12.0 Å². The van der Waals surface area contributed by atoms with Crippen molar-refractivity contribution in [3.63, 3.8) is 0 Å². The molecule has 1 heterocycles. The van der Waals surface area contributed by atoms with Crippen LogP contribution in [0.2, 0.25) is 0 Å². The third-order valence-electron chi connectivity index (χ3n) is 3.23. The molecule has 0 aliphatic rings. The Labute approximate surface area is 87.6 Å². The lowest BCUT2D eigenvalue weighted by Crippen LogP contribution is -2.20. The molecule has 0 saturated heterocycles. The Bertz CT molecular complexity index is 264. The number of hydrogen-bond donors (Lipinski definition) is 0. The molecule has 77 valence electrons. The molecule has 0 N–H and O–H groups in total. The maximum atomic E-state index is 4.17. The molecular weight excluding hydrogens is 170 g/mol. The number of hydrogen-bond acceptors (Lipinski definition) is 1. The third-order valence-corrected chi connectivity index (χ3v) is 3.23. The second-order valence-corrected chi connectivity index (χ2v) is 4.47. The van der Waals surface area contributed by atoms with Gasteiger partial charge in [0, 0.05) is 12.4 Å². The molecule has 1 aromatic heterocycles. The van der Waals surface area contributed by atoms with Gasteiger partial charge in [-0.2, -0.15) is 0 Å². The topological polar surface area (TPSA) is 12.9 Å². The maximum Gasteiger partial charge on any atom is 0.0302 e. The number of pyridine rings is 1. The van der Waals surface area contributed by atoms with Crippen molar-refractivity contribution in [2.45, 2.75) is 39.5 Å². The van der Waals surface area contributed by atoms with Crippen LogP contribution in [0.4, 0.5) is 0 Å². The van der Waals surface area contributed by atoms with Gasteiger partial charge in [-0.1, -0.05) is 40.2 Å². The van der Waals surface area contributed by atoms with Gasteiger partial charge in [0.15, 0.2) is 0 Å². The number of aromatic nitrogens is 1. The Morgan fingerprint density at radius 1 is 1.50 bits per heavy atom. The summed E-state index contributed by atoms with van der Waals surface area (Å²) in [6.45, 7) is 10.9. The van der Waals surface area contributed by atoms with E-state index in [-0.39, 0.29) is 0 Å². The van der Waals surface area contributed by atoms with E-state index in [1.807, 2.05) is 18.5 Å². The van der Waals surface area contributed by atoms with Crippen LogP contribution in [0.1, 0.15) is 45.1 Å². The van der Waals surface area contributed by atoms with Gasteiger partial charge in [0.2, 0.25) is 0 Å². The average molecular weight is 190 g/mol. The summed E-state index contributed by atoms with van der Waals surface area (Å²) >= 11 is 0. The van der Waals surface area contributed by atoms with Crippen molar-refractivity contribution < 1.29 is 0 Å². The van der Waals surface area contributed by atoms with Crippen molar-refractivity contribution >= 4 is 0 Å². The van der Waals surface area contributed by atoms with Gasteiger partial charge < -0.3 is 0 Å². The first-order valence-corrected chi connectivity index (χ1v) is 5.31. The predicted octanol–water partition coefficient (Wildman–Crippen LogP) is 3.83. The highest BCUT2D eigenvalue weighted by molar-refractivity contribution is 5.17. The first kappa shape index (κ1) is 11.2. The van der Waals surface area contributed by atoms with E-state index in [1.54, 1.807) is 0 Å². The van der Waals surface area contributed by atoms with Crippen LogP contribution in [0.25, 0.3) is 0 Å². The molecule has 0 spiro atoms. The van der Waals surface area contributed by atoms with Crippen molar-refractivity contribution in [1.29, 1.82) is 0 Å². The Morgan fingerprint density at radius 2 is 2.21 bits per heavy atom. The second-order valence-electron chi connectivity index (χ2n) is 4.47. The standard InChI is InChI=1S/C13H20N/c1-5-12(13(3,4)6-2)11-8-7-9-14-10-11/h7-10,12H,1,5-6H2,2-4H3. The molecule has 1 unspecified atom stereocenters. The summed E-state index contributed by atoms with van der Waals surface area (Å²) in [4.78, 5) is 4.17. The molecule has 0 aliphatic carbocycles. The van der Waals surface area contributed by atoms with E-state index in [0.29, 0.717) is 11.3 Å². The minimum atomic E-state index is 0.310. The van der Waals surface area contributed by atoms with Gasteiger partial charge in [-0.3, -0.25) is 4.98 Å². The zero-order valence-corrected chi connectivity index (χ0v) is 9.46. The molecule has 1 rings (SSSR count). The average Bonchev–Trinajstić information content (AvgIpc) is 2.20. The summed E-state index contributed by atoms with van der Waals surface area (Å²) in [6.07, 6.45) is 5.89. The summed E-state index contributed by atoms with van der Waals surface area (Å²) < 4.78 is 0. The van der Waals surface area contributed by atoms with E-state index in [9.17, 15) is 0 Å². The lowest BCUT2D eigenvalue weighted by molar-refractivity contribution is 0.273. The number of nitrogens with zero attached hydrogens (tertiary/aromatic N) is 1. The first-order valence-electron chi connectivity index (χ1n) is 5.31. The predicted molar refractivity (Wildman–Crippen MR) is 61.0 cm³/mol. The van der Waals surface area contributed by atoms with Gasteiger partial charge in [-0.25, -0.2) is 0 Å². The smallest absolute Gasteiger partial charge is 0.0302 e. The monoisotopic (exact) mass is 190 g/mol. The molecule has 1 atom stereocenters. The molecule has 0 aliphatic heterocycles. The van der Waals surface area contributed by atoms with Gasteiger partial charge in [-0.05, 0) is 29.4 Å². The van der Waals surface area contributed by atoms with Crippen LogP contribution in [0.15, 0.2) is 24.5 Å². The van der Waals surface area contributed by atoms with Crippen molar-refractivity contribution in [2.75, 3.05) is 0 Å². The number of rotatable bonds is 4. The fourth-order valence-electron chi connectivity index (χ4n) is 1.84. The van der Waals surface area contributed by atoms with E-state index < -0.39 is 0 Å². The largest absolute Gasteiger partial charge is 0.264 e. The summed E-state index contributed by atoms with van der Waals surface area (Å²) in [5, 5.41) is 0. The SMILES string of the molecule is [CH2]CC(c1cccnc1)C(C)(C)CC. The molecule has 0 saturated carbocycles. The minimum Gasteiger partial charge on any atom is -0.264 e. The van der Waals surface area contributed by atoms with Gasteiger partial charge >= 0.3 is 0 Å². The molecule has 1 nitrogen and oxygen atoms in total. The van der Waals surface area contributed by atoms with Crippen LogP contribution < -0.4 is 0 Å². The summed E-state index contributed by atoms with van der Waals surface area (Å²) in [7, 11) is 0. The van der Waals surface area contributed by atoms with E-state index in [4.69, 9.17) is 0 Å². The fraction of sp³-hybridized carbons (Fsp3) is 0.538. The zero-order valence-electron chi connectivity index (χ0n) is 9.46. The Balaban J connectivity index is 2.93. The molecule has 0 aromatic carbocycles. The Morgan fingerprint density at radius 3 is 2.64 bits per heavy atom. The second kappa shape index (κ2) is 4.59. The Hall–Kier alpha value is -0.850. The van der Waals surface area contributed by atoms with Gasteiger partial charge in [0.1, 0.15) is 0 Å². The van der Waals surface area contributed by atoms with E-state index in [0.717, 1.165) is 6.42 Å². The van der Waals surface area contributed by atoms with E-state index >= 15 is 0 Å². The van der Waals surface area contributed by atoms with Crippen LogP contribution in [-0.2, 0) is 0 Å². The van der Waals surface area contributed by atoms with Crippen LogP contribution in [0.3, 0.4) is 0 Å². The molecule has 1 aromatic rings. The first-order chi connectivity index (χ1) is 6.61. The summed E-state index contributed by atoms with van der Waals surface area (Å²) in [5.41, 5.74) is 1.62. The molecule has 14 heavy (non-hydrogen) atoms. The van der Waals surface area contributed by atoms with Gasteiger partial charge in [0.25, 0.3) is 0 Å². The highest BCUT2D eigenvalue weighted by atomic mass is 14.6.